The van der Waals surface area contributed by atoms with Crippen molar-refractivity contribution in [2.75, 3.05) is 6.54 Å². The standard InChI is InChI=1S/C12H14BrNO2/c1-7(2)16-11-5-8-3-4-14-12(15)9(8)6-10(11)13/h5-7H,3-4H2,1-2H3,(H,14,15). The Hall–Kier alpha value is -1.03. The molecule has 4 heteroatoms. The van der Waals surface area contributed by atoms with Crippen LogP contribution in [0.1, 0.15) is 29.8 Å². The maximum Gasteiger partial charge on any atom is 0.251 e. The Morgan fingerprint density at radius 1 is 1.44 bits per heavy atom. The molecule has 0 saturated carbocycles. The second-order valence-electron chi connectivity index (χ2n) is 4.11. The van der Waals surface area contributed by atoms with Crippen LogP contribution in [0.4, 0.5) is 0 Å². The molecule has 1 aliphatic rings. The first-order chi connectivity index (χ1) is 7.58. The van der Waals surface area contributed by atoms with Gasteiger partial charge in [-0.15, -0.1) is 0 Å². The lowest BCUT2D eigenvalue weighted by atomic mass is 10.0. The van der Waals surface area contributed by atoms with E-state index in [0.29, 0.717) is 6.54 Å². The number of fused-ring (bicyclic) bond motifs is 1. The first-order valence-electron chi connectivity index (χ1n) is 5.35. The molecule has 0 spiro atoms. The van der Waals surface area contributed by atoms with E-state index in [1.165, 1.54) is 0 Å². The zero-order valence-corrected chi connectivity index (χ0v) is 10.9. The molecule has 1 amide bonds. The Morgan fingerprint density at radius 3 is 2.88 bits per heavy atom. The fourth-order valence-corrected chi connectivity index (χ4v) is 2.20. The monoisotopic (exact) mass is 283 g/mol. The molecule has 0 unspecified atom stereocenters. The average molecular weight is 284 g/mol. The van der Waals surface area contributed by atoms with Crippen LogP contribution in [-0.2, 0) is 6.42 Å². The topological polar surface area (TPSA) is 38.3 Å². The number of hydrogen-bond acceptors (Lipinski definition) is 2. The summed E-state index contributed by atoms with van der Waals surface area (Å²) >= 11 is 3.43. The van der Waals surface area contributed by atoms with Gasteiger partial charge in [0.25, 0.3) is 5.91 Å². The van der Waals surface area contributed by atoms with Crippen LogP contribution in [0, 0.1) is 0 Å². The van der Waals surface area contributed by atoms with Gasteiger partial charge in [0.05, 0.1) is 10.6 Å². The van der Waals surface area contributed by atoms with Gasteiger partial charge in [-0.3, -0.25) is 4.79 Å². The minimum absolute atomic E-state index is 0.00181. The van der Waals surface area contributed by atoms with Crippen molar-refractivity contribution in [3.05, 3.63) is 27.7 Å². The molecule has 0 fully saturated rings. The van der Waals surface area contributed by atoms with Crippen molar-refractivity contribution < 1.29 is 9.53 Å². The lowest BCUT2D eigenvalue weighted by Crippen LogP contribution is -2.31. The van der Waals surface area contributed by atoms with Gasteiger partial charge in [-0.25, -0.2) is 0 Å². The molecule has 1 aromatic rings. The summed E-state index contributed by atoms with van der Waals surface area (Å²) in [6, 6.07) is 3.79. The predicted octanol–water partition coefficient (Wildman–Crippen LogP) is 2.52. The third-order valence-corrected chi connectivity index (χ3v) is 3.06. The fourth-order valence-electron chi connectivity index (χ4n) is 1.76. The Balaban J connectivity index is 2.40. The molecular formula is C12H14BrNO2. The highest BCUT2D eigenvalue weighted by Crippen LogP contribution is 2.30. The zero-order valence-electron chi connectivity index (χ0n) is 9.34. The molecule has 0 aromatic heterocycles. The Bertz CT molecular complexity index is 429. The van der Waals surface area contributed by atoms with Crippen molar-refractivity contribution in [2.24, 2.45) is 0 Å². The van der Waals surface area contributed by atoms with Gasteiger partial charge in [-0.2, -0.15) is 0 Å². The summed E-state index contributed by atoms with van der Waals surface area (Å²) in [6.07, 6.45) is 0.995. The van der Waals surface area contributed by atoms with Gasteiger partial charge in [0.15, 0.2) is 0 Å². The minimum atomic E-state index is -0.00181. The highest BCUT2D eigenvalue weighted by Gasteiger charge is 2.19. The van der Waals surface area contributed by atoms with Crippen LogP contribution in [0.3, 0.4) is 0 Å². The number of ether oxygens (including phenoxy) is 1. The summed E-state index contributed by atoms with van der Waals surface area (Å²) in [6.45, 7) is 4.67. The molecule has 1 aliphatic heterocycles. The summed E-state index contributed by atoms with van der Waals surface area (Å²) in [4.78, 5) is 11.6. The van der Waals surface area contributed by atoms with Crippen LogP contribution in [-0.4, -0.2) is 18.6 Å². The van der Waals surface area contributed by atoms with Gasteiger partial charge in [0, 0.05) is 12.1 Å². The van der Waals surface area contributed by atoms with E-state index in [4.69, 9.17) is 4.74 Å². The number of amides is 1. The maximum absolute atomic E-state index is 11.6. The molecule has 0 saturated heterocycles. The van der Waals surface area contributed by atoms with Crippen LogP contribution >= 0.6 is 15.9 Å². The van der Waals surface area contributed by atoms with Crippen molar-refractivity contribution >= 4 is 21.8 Å². The van der Waals surface area contributed by atoms with Gasteiger partial charge in [0.1, 0.15) is 5.75 Å². The molecule has 0 aliphatic carbocycles. The Labute approximate surface area is 103 Å². The number of carbonyl (C=O) groups is 1. The largest absolute Gasteiger partial charge is 0.490 e. The van der Waals surface area contributed by atoms with Crippen LogP contribution in [0.25, 0.3) is 0 Å². The van der Waals surface area contributed by atoms with Crippen molar-refractivity contribution in [3.63, 3.8) is 0 Å². The van der Waals surface area contributed by atoms with E-state index < -0.39 is 0 Å². The molecule has 16 heavy (non-hydrogen) atoms. The van der Waals surface area contributed by atoms with Crippen molar-refractivity contribution in [3.8, 4) is 5.75 Å². The van der Waals surface area contributed by atoms with Gasteiger partial charge in [-0.1, -0.05) is 0 Å². The van der Waals surface area contributed by atoms with Gasteiger partial charge >= 0.3 is 0 Å². The summed E-state index contributed by atoms with van der Waals surface area (Å²) in [5.74, 6) is 0.807. The van der Waals surface area contributed by atoms with E-state index >= 15 is 0 Å². The summed E-state index contributed by atoms with van der Waals surface area (Å²) in [5, 5.41) is 2.83. The van der Waals surface area contributed by atoms with Crippen molar-refractivity contribution in [2.45, 2.75) is 26.4 Å². The molecule has 3 nitrogen and oxygen atoms in total. The molecule has 1 heterocycles. The molecule has 86 valence electrons. The van der Waals surface area contributed by atoms with Crippen molar-refractivity contribution in [1.29, 1.82) is 0 Å². The van der Waals surface area contributed by atoms with E-state index in [1.54, 1.807) is 0 Å². The van der Waals surface area contributed by atoms with Crippen LogP contribution in [0.2, 0.25) is 0 Å². The van der Waals surface area contributed by atoms with Gasteiger partial charge in [-0.05, 0) is 53.9 Å². The van der Waals surface area contributed by atoms with E-state index in [9.17, 15) is 4.79 Å². The fraction of sp³-hybridized carbons (Fsp3) is 0.417. The number of nitrogens with one attached hydrogen (secondary N) is 1. The van der Waals surface area contributed by atoms with Crippen LogP contribution < -0.4 is 10.1 Å². The van der Waals surface area contributed by atoms with E-state index in [1.807, 2.05) is 26.0 Å². The van der Waals surface area contributed by atoms with E-state index in [-0.39, 0.29) is 12.0 Å². The second kappa shape index (κ2) is 4.45. The zero-order chi connectivity index (χ0) is 11.7. The SMILES string of the molecule is CC(C)Oc1cc2c(cc1Br)C(=O)NCC2. The highest BCUT2D eigenvalue weighted by atomic mass is 79.9. The second-order valence-corrected chi connectivity index (χ2v) is 4.97. The van der Waals surface area contributed by atoms with E-state index in [0.717, 1.165) is 27.8 Å². The Morgan fingerprint density at radius 2 is 2.19 bits per heavy atom. The quantitative estimate of drug-likeness (QED) is 0.906. The Kier molecular flexibility index (Phi) is 3.19. The number of hydrogen-bond donors (Lipinski definition) is 1. The molecule has 0 atom stereocenters. The first-order valence-corrected chi connectivity index (χ1v) is 6.14. The minimum Gasteiger partial charge on any atom is -0.490 e. The van der Waals surface area contributed by atoms with Crippen LogP contribution in [0.5, 0.6) is 5.75 Å². The van der Waals surface area contributed by atoms with Gasteiger partial charge < -0.3 is 10.1 Å². The van der Waals surface area contributed by atoms with Crippen LogP contribution in [0.15, 0.2) is 16.6 Å². The molecule has 1 N–H and O–H groups in total. The number of halogens is 1. The third-order valence-electron chi connectivity index (χ3n) is 2.44. The summed E-state index contributed by atoms with van der Waals surface area (Å²) < 4.78 is 6.50. The van der Waals surface area contributed by atoms with Gasteiger partial charge in [0.2, 0.25) is 0 Å². The summed E-state index contributed by atoms with van der Waals surface area (Å²) in [7, 11) is 0. The first kappa shape index (κ1) is 11.5. The molecule has 2 rings (SSSR count). The molecule has 0 bridgehead atoms. The molecular weight excluding hydrogens is 270 g/mol. The number of carbonyl (C=O) groups excluding carboxylic acids is 1. The number of benzene rings is 1. The predicted molar refractivity (Wildman–Crippen MR) is 65.9 cm³/mol. The molecule has 0 radical (unpaired) electrons. The normalized spacial score (nSPS) is 14.6. The van der Waals surface area contributed by atoms with Crippen molar-refractivity contribution in [1.82, 2.24) is 5.32 Å². The molecule has 1 aromatic carbocycles. The highest BCUT2D eigenvalue weighted by molar-refractivity contribution is 9.10. The summed E-state index contributed by atoms with van der Waals surface area (Å²) in [5.41, 5.74) is 1.80. The third kappa shape index (κ3) is 2.21. The maximum atomic E-state index is 11.6. The lowest BCUT2D eigenvalue weighted by molar-refractivity contribution is 0.0946. The average Bonchev–Trinajstić information content (AvgIpc) is 2.20. The number of rotatable bonds is 2. The van der Waals surface area contributed by atoms with E-state index in [2.05, 4.69) is 21.2 Å². The lowest BCUT2D eigenvalue weighted by Gasteiger charge is -2.19. The smallest absolute Gasteiger partial charge is 0.251 e.